The van der Waals surface area contributed by atoms with Gasteiger partial charge in [0.25, 0.3) is 5.91 Å². The van der Waals surface area contributed by atoms with E-state index in [-0.39, 0.29) is 5.75 Å². The summed E-state index contributed by atoms with van der Waals surface area (Å²) in [4.78, 5) is 21.9. The zero-order chi connectivity index (χ0) is 14.4. The Morgan fingerprint density at radius 2 is 2.05 bits per heavy atom. The zero-order valence-corrected chi connectivity index (χ0v) is 10.2. The van der Waals surface area contributed by atoms with E-state index in [2.05, 4.69) is 5.32 Å². The quantitative estimate of drug-likeness (QED) is 0.684. The van der Waals surface area contributed by atoms with Gasteiger partial charge in [0.05, 0.1) is 6.54 Å². The highest BCUT2D eigenvalue weighted by atomic mass is 19.1. The number of aliphatic hydroxyl groups is 1. The molecule has 19 heavy (non-hydrogen) atoms. The highest BCUT2D eigenvalue weighted by molar-refractivity contribution is 5.81. The second-order valence-corrected chi connectivity index (χ2v) is 3.79. The van der Waals surface area contributed by atoms with Crippen molar-refractivity contribution >= 4 is 11.9 Å². The molecule has 0 aliphatic carbocycles. The number of carbonyl (C=O) groups excluding carboxylic acids is 1. The molecule has 1 rings (SSSR count). The average Bonchev–Trinajstić information content (AvgIpc) is 2.37. The third-order valence-corrected chi connectivity index (χ3v) is 2.26. The van der Waals surface area contributed by atoms with E-state index in [0.29, 0.717) is 0 Å². The molecule has 6 nitrogen and oxygen atoms in total. The van der Waals surface area contributed by atoms with Gasteiger partial charge in [0.15, 0.2) is 23.8 Å². The van der Waals surface area contributed by atoms with Crippen molar-refractivity contribution in [1.29, 1.82) is 0 Å². The molecule has 0 aliphatic heterocycles. The molecule has 3 N–H and O–H groups in total. The van der Waals surface area contributed by atoms with Crippen molar-refractivity contribution in [2.24, 2.45) is 0 Å². The minimum atomic E-state index is -1.69. The minimum absolute atomic E-state index is 0.0797. The monoisotopic (exact) mass is 271 g/mol. The second-order valence-electron chi connectivity index (χ2n) is 3.79. The smallest absolute Gasteiger partial charge is 0.334 e. The molecule has 1 amide bonds. The third-order valence-electron chi connectivity index (χ3n) is 2.26. The van der Waals surface area contributed by atoms with Crippen LogP contribution < -0.4 is 10.1 Å². The summed E-state index contributed by atoms with van der Waals surface area (Å²) >= 11 is 0. The highest BCUT2D eigenvalue weighted by Crippen LogP contribution is 2.16. The molecule has 0 saturated carbocycles. The van der Waals surface area contributed by atoms with Crippen molar-refractivity contribution in [3.8, 4) is 5.75 Å². The Morgan fingerprint density at radius 1 is 1.42 bits per heavy atom. The van der Waals surface area contributed by atoms with Gasteiger partial charge in [-0.3, -0.25) is 4.79 Å². The van der Waals surface area contributed by atoms with E-state index in [0.717, 1.165) is 0 Å². The van der Waals surface area contributed by atoms with Gasteiger partial charge in [-0.1, -0.05) is 12.1 Å². The number of carboxylic acids is 1. The van der Waals surface area contributed by atoms with Crippen molar-refractivity contribution in [1.82, 2.24) is 5.32 Å². The van der Waals surface area contributed by atoms with E-state index in [1.807, 2.05) is 0 Å². The van der Waals surface area contributed by atoms with Crippen LogP contribution in [0.3, 0.4) is 0 Å². The Kier molecular flexibility index (Phi) is 5.25. The first-order valence-corrected chi connectivity index (χ1v) is 5.51. The molecule has 0 bridgehead atoms. The lowest BCUT2D eigenvalue weighted by Crippen LogP contribution is -2.42. The predicted molar refractivity (Wildman–Crippen MR) is 63.1 cm³/mol. The number of benzene rings is 1. The molecular weight excluding hydrogens is 257 g/mol. The maximum Gasteiger partial charge on any atom is 0.334 e. The van der Waals surface area contributed by atoms with Crippen molar-refractivity contribution < 1.29 is 28.9 Å². The van der Waals surface area contributed by atoms with Gasteiger partial charge in [0.1, 0.15) is 0 Å². The molecule has 0 aromatic heterocycles. The van der Waals surface area contributed by atoms with Gasteiger partial charge in [0, 0.05) is 0 Å². The summed E-state index contributed by atoms with van der Waals surface area (Å²) in [6.45, 7) is 0.939. The van der Waals surface area contributed by atoms with Crippen molar-refractivity contribution in [2.45, 2.75) is 19.1 Å². The van der Waals surface area contributed by atoms with Gasteiger partial charge in [-0.15, -0.1) is 0 Å². The van der Waals surface area contributed by atoms with E-state index >= 15 is 0 Å². The summed E-state index contributed by atoms with van der Waals surface area (Å²) in [6.07, 6.45) is -2.71. The zero-order valence-electron chi connectivity index (χ0n) is 10.2. The van der Waals surface area contributed by atoms with Crippen LogP contribution >= 0.6 is 0 Å². The van der Waals surface area contributed by atoms with E-state index < -0.39 is 36.4 Å². The number of carbonyl (C=O) groups is 2. The van der Waals surface area contributed by atoms with Crippen LogP contribution in [-0.2, 0) is 9.59 Å². The Balaban J connectivity index is 2.50. The number of halogens is 1. The number of aliphatic hydroxyl groups excluding tert-OH is 1. The van der Waals surface area contributed by atoms with E-state index in [1.165, 1.54) is 25.1 Å². The lowest BCUT2D eigenvalue weighted by atomic mass is 10.3. The van der Waals surface area contributed by atoms with Gasteiger partial charge in [-0.2, -0.15) is 0 Å². The van der Waals surface area contributed by atoms with Crippen LogP contribution in [0, 0.1) is 5.82 Å². The molecule has 0 spiro atoms. The molecule has 7 heteroatoms. The van der Waals surface area contributed by atoms with E-state index in [1.54, 1.807) is 6.07 Å². The predicted octanol–water partition coefficient (Wildman–Crippen LogP) is 0.155. The number of nitrogens with one attached hydrogen (secondary N) is 1. The molecule has 1 aromatic rings. The van der Waals surface area contributed by atoms with Crippen molar-refractivity contribution in [3.63, 3.8) is 0 Å². The molecule has 0 radical (unpaired) electrons. The number of rotatable bonds is 6. The summed E-state index contributed by atoms with van der Waals surface area (Å²) in [7, 11) is 0. The maximum atomic E-state index is 13.3. The lowest BCUT2D eigenvalue weighted by Gasteiger charge is -2.15. The number of hydrogen-bond acceptors (Lipinski definition) is 4. The summed E-state index contributed by atoms with van der Waals surface area (Å²) in [5.41, 5.74) is 0. The minimum Gasteiger partial charge on any atom is -0.479 e. The van der Waals surface area contributed by atoms with Gasteiger partial charge < -0.3 is 20.3 Å². The SMILES string of the molecule is CC(Oc1ccccc1F)C(=O)NC[C@H](O)C(=O)O. The average molecular weight is 271 g/mol. The Hall–Kier alpha value is -2.15. The molecule has 1 aromatic carbocycles. The Morgan fingerprint density at radius 3 is 2.63 bits per heavy atom. The van der Waals surface area contributed by atoms with Crippen LogP contribution in [0.4, 0.5) is 4.39 Å². The van der Waals surface area contributed by atoms with Crippen LogP contribution in [0.2, 0.25) is 0 Å². The molecule has 0 saturated heterocycles. The van der Waals surface area contributed by atoms with Gasteiger partial charge in [-0.25, -0.2) is 9.18 Å². The Labute approximate surface area is 108 Å². The van der Waals surface area contributed by atoms with Crippen molar-refractivity contribution in [3.05, 3.63) is 30.1 Å². The molecule has 0 heterocycles. The van der Waals surface area contributed by atoms with Gasteiger partial charge in [0.2, 0.25) is 0 Å². The summed E-state index contributed by atoms with van der Waals surface area (Å²) in [5.74, 6) is -2.77. The summed E-state index contributed by atoms with van der Waals surface area (Å²) in [6, 6.07) is 5.59. The van der Waals surface area contributed by atoms with E-state index in [4.69, 9.17) is 14.9 Å². The largest absolute Gasteiger partial charge is 0.479 e. The standard InChI is InChI=1S/C12H14FNO5/c1-7(11(16)14-6-9(15)12(17)18)19-10-5-3-2-4-8(10)13/h2-5,7,9,15H,6H2,1H3,(H,14,16)(H,17,18)/t7?,9-/m0/s1. The number of aliphatic carboxylic acids is 1. The maximum absolute atomic E-state index is 13.3. The van der Waals surface area contributed by atoms with E-state index in [9.17, 15) is 14.0 Å². The Bertz CT molecular complexity index is 465. The molecule has 2 atom stereocenters. The number of carboxylic acid groups (broad SMARTS) is 1. The topological polar surface area (TPSA) is 95.9 Å². The third kappa shape index (κ3) is 4.55. The highest BCUT2D eigenvalue weighted by Gasteiger charge is 2.19. The number of ether oxygens (including phenoxy) is 1. The second kappa shape index (κ2) is 6.69. The molecule has 0 aliphatic rings. The van der Waals surface area contributed by atoms with Crippen LogP contribution in [-0.4, -0.2) is 40.8 Å². The van der Waals surface area contributed by atoms with Crippen LogP contribution in [0.25, 0.3) is 0 Å². The van der Waals surface area contributed by atoms with Gasteiger partial charge >= 0.3 is 5.97 Å². The molecular formula is C12H14FNO5. The normalized spacial score (nSPS) is 13.4. The first-order chi connectivity index (χ1) is 8.91. The first-order valence-electron chi connectivity index (χ1n) is 5.51. The van der Waals surface area contributed by atoms with Crippen LogP contribution in [0.5, 0.6) is 5.75 Å². The molecule has 0 fully saturated rings. The summed E-state index contributed by atoms with van der Waals surface area (Å²) < 4.78 is 18.3. The van der Waals surface area contributed by atoms with Crippen LogP contribution in [0.1, 0.15) is 6.92 Å². The molecule has 1 unspecified atom stereocenters. The number of hydrogen-bond donors (Lipinski definition) is 3. The first kappa shape index (κ1) is 14.9. The fraction of sp³-hybridized carbons (Fsp3) is 0.333. The number of amides is 1. The number of para-hydroxylation sites is 1. The van der Waals surface area contributed by atoms with Crippen molar-refractivity contribution in [2.75, 3.05) is 6.54 Å². The summed E-state index contributed by atoms with van der Waals surface area (Å²) in [5, 5.41) is 19.6. The van der Waals surface area contributed by atoms with Gasteiger partial charge in [-0.05, 0) is 19.1 Å². The van der Waals surface area contributed by atoms with Crippen LogP contribution in [0.15, 0.2) is 24.3 Å². The molecule has 104 valence electrons. The fourth-order valence-corrected chi connectivity index (χ4v) is 1.21. The fourth-order valence-electron chi connectivity index (χ4n) is 1.21. The lowest BCUT2D eigenvalue weighted by molar-refractivity contribution is -0.146.